The third-order valence-corrected chi connectivity index (χ3v) is 7.94. The molecule has 24 heavy (non-hydrogen) atoms. The van der Waals surface area contributed by atoms with Crippen molar-refractivity contribution in [2.45, 2.75) is 90.9 Å². The quantitative estimate of drug-likeness (QED) is 0.427. The van der Waals surface area contributed by atoms with Crippen molar-refractivity contribution < 1.29 is 9.09 Å². The Morgan fingerprint density at radius 1 is 1.25 bits per heavy atom. The Bertz CT molecular complexity index is 380. The van der Waals surface area contributed by atoms with Gasteiger partial charge in [-0.3, -0.25) is 4.57 Å². The van der Waals surface area contributed by atoms with E-state index in [1.165, 1.54) is 25.7 Å². The van der Waals surface area contributed by atoms with E-state index in [0.717, 1.165) is 24.9 Å². The van der Waals surface area contributed by atoms with Crippen LogP contribution >= 0.6 is 19.8 Å². The van der Waals surface area contributed by atoms with Crippen molar-refractivity contribution in [2.75, 3.05) is 18.6 Å². The van der Waals surface area contributed by atoms with Crippen LogP contribution in [0.25, 0.3) is 0 Å². The molecule has 1 saturated heterocycles. The molecule has 0 bridgehead atoms. The lowest BCUT2D eigenvalue weighted by Gasteiger charge is -2.45. The minimum Gasteiger partial charge on any atom is -0.330 e. The summed E-state index contributed by atoms with van der Waals surface area (Å²) in [4.78, 5) is 0. The van der Waals surface area contributed by atoms with Gasteiger partial charge in [-0.05, 0) is 38.0 Å². The van der Waals surface area contributed by atoms with Crippen LogP contribution in [0.3, 0.4) is 0 Å². The summed E-state index contributed by atoms with van der Waals surface area (Å²) in [5, 5.41) is 3.76. The largest absolute Gasteiger partial charge is 0.330 e. The summed E-state index contributed by atoms with van der Waals surface area (Å²) in [6, 6.07) is 0.421. The zero-order valence-electron chi connectivity index (χ0n) is 16.7. The maximum Gasteiger partial charge on any atom is 0.192 e. The maximum atomic E-state index is 12.8. The lowest BCUT2D eigenvalue weighted by molar-refractivity contribution is 0.156. The van der Waals surface area contributed by atoms with Crippen LogP contribution in [0, 0.1) is 11.3 Å². The molecule has 0 saturated carbocycles. The van der Waals surface area contributed by atoms with Crippen molar-refractivity contribution in [1.82, 2.24) is 5.32 Å². The lowest BCUT2D eigenvalue weighted by Crippen LogP contribution is -2.52. The van der Waals surface area contributed by atoms with Crippen molar-refractivity contribution in [3.63, 3.8) is 0 Å². The van der Waals surface area contributed by atoms with Gasteiger partial charge in [-0.1, -0.05) is 53.4 Å². The molecule has 2 atom stereocenters. The fraction of sp³-hybridized carbons (Fsp3) is 1.00. The predicted molar refractivity (Wildman–Crippen MR) is 110 cm³/mol. The summed E-state index contributed by atoms with van der Waals surface area (Å²) < 4.78 is 18.7. The summed E-state index contributed by atoms with van der Waals surface area (Å²) in [6.45, 7) is 14.1. The van der Waals surface area contributed by atoms with E-state index in [1.54, 1.807) is 0 Å². The first-order valence-electron chi connectivity index (χ1n) is 9.80. The van der Waals surface area contributed by atoms with Crippen molar-refractivity contribution >= 4 is 19.8 Å². The van der Waals surface area contributed by atoms with E-state index in [9.17, 15) is 4.57 Å². The zero-order chi connectivity index (χ0) is 18.2. The van der Waals surface area contributed by atoms with Crippen LogP contribution < -0.4 is 5.32 Å². The Hall–Kier alpha value is 0.500. The van der Waals surface area contributed by atoms with Gasteiger partial charge in [-0.15, -0.1) is 11.8 Å². The molecule has 0 aromatic heterocycles. The van der Waals surface area contributed by atoms with Gasteiger partial charge in [0.15, 0.2) is 8.03 Å². The molecule has 1 rings (SSSR count). The molecule has 1 N–H and O–H groups in total. The molecule has 0 aromatic rings. The van der Waals surface area contributed by atoms with Crippen LogP contribution in [-0.4, -0.2) is 29.4 Å². The molecule has 1 aliphatic rings. The van der Waals surface area contributed by atoms with Crippen molar-refractivity contribution in [2.24, 2.45) is 11.3 Å². The third kappa shape index (κ3) is 6.67. The molecule has 1 heterocycles. The van der Waals surface area contributed by atoms with E-state index in [4.69, 9.17) is 4.52 Å². The summed E-state index contributed by atoms with van der Waals surface area (Å²) in [6.07, 6.45) is 7.87. The Balaban J connectivity index is 2.98. The van der Waals surface area contributed by atoms with Crippen LogP contribution in [0.1, 0.15) is 80.1 Å². The van der Waals surface area contributed by atoms with Crippen LogP contribution in [-0.2, 0) is 9.09 Å². The molecule has 0 aliphatic carbocycles. The van der Waals surface area contributed by atoms with E-state index in [-0.39, 0.29) is 10.2 Å². The Morgan fingerprint density at radius 3 is 2.25 bits per heavy atom. The monoisotopic (exact) mass is 377 g/mol. The molecule has 1 aliphatic heterocycles. The van der Waals surface area contributed by atoms with Crippen LogP contribution in [0.2, 0.25) is 0 Å². The van der Waals surface area contributed by atoms with Crippen LogP contribution in [0.4, 0.5) is 0 Å². The first-order valence-corrected chi connectivity index (χ1v) is 12.3. The van der Waals surface area contributed by atoms with E-state index < -0.39 is 8.03 Å². The molecule has 2 unspecified atom stereocenters. The van der Waals surface area contributed by atoms with Crippen LogP contribution in [0.5, 0.6) is 0 Å². The van der Waals surface area contributed by atoms with Crippen molar-refractivity contribution in [3.8, 4) is 0 Å². The number of unbranched alkanes of at least 4 members (excludes halogenated alkanes) is 2. The molecule has 3 nitrogen and oxygen atoms in total. The Morgan fingerprint density at radius 2 is 1.83 bits per heavy atom. The van der Waals surface area contributed by atoms with Gasteiger partial charge in [-0.2, -0.15) is 0 Å². The van der Waals surface area contributed by atoms with E-state index in [2.05, 4.69) is 46.9 Å². The summed E-state index contributed by atoms with van der Waals surface area (Å²) >= 11 is 2.00. The molecule has 5 heteroatoms. The molecule has 1 fully saturated rings. The second kappa shape index (κ2) is 10.6. The number of rotatable bonds is 12. The summed E-state index contributed by atoms with van der Waals surface area (Å²) in [7, 11) is -1.99. The van der Waals surface area contributed by atoms with Gasteiger partial charge in [0, 0.05) is 22.8 Å². The number of thioether (sulfide) groups is 1. The van der Waals surface area contributed by atoms with Gasteiger partial charge in [0.1, 0.15) is 0 Å². The zero-order valence-corrected chi connectivity index (χ0v) is 18.6. The minimum absolute atomic E-state index is 0.103. The second-order valence-electron chi connectivity index (χ2n) is 8.35. The van der Waals surface area contributed by atoms with Crippen molar-refractivity contribution in [3.05, 3.63) is 0 Å². The van der Waals surface area contributed by atoms with Crippen LogP contribution in [0.15, 0.2) is 0 Å². The first-order chi connectivity index (χ1) is 11.3. The second-order valence-corrected chi connectivity index (χ2v) is 11.4. The fourth-order valence-corrected chi connectivity index (χ4v) is 6.82. The molecular formula is C19H40NO2PS. The smallest absolute Gasteiger partial charge is 0.192 e. The summed E-state index contributed by atoms with van der Waals surface area (Å²) in [5.74, 6) is 1.45. The molecule has 0 aromatic carbocycles. The number of hydrogen-bond acceptors (Lipinski definition) is 4. The average molecular weight is 378 g/mol. The Labute approximate surface area is 155 Å². The Kier molecular flexibility index (Phi) is 9.96. The first kappa shape index (κ1) is 22.5. The van der Waals surface area contributed by atoms with Crippen molar-refractivity contribution in [1.29, 1.82) is 0 Å². The van der Waals surface area contributed by atoms with E-state index in [0.29, 0.717) is 18.6 Å². The maximum absolute atomic E-state index is 12.8. The minimum atomic E-state index is -1.99. The highest BCUT2D eigenvalue weighted by atomic mass is 32.2. The molecular weight excluding hydrogens is 337 g/mol. The molecule has 0 radical (unpaired) electrons. The van der Waals surface area contributed by atoms with Gasteiger partial charge in [0.05, 0.1) is 6.61 Å². The standard InChI is InChI=1S/C19H40NO2PS/c1-7-9-11-19(12-10-8-2,14-23(21)22-13-16(3)4)17-18(5,6)24-15-20-17/h16-17,20,23H,7-15H2,1-6H3. The highest BCUT2D eigenvalue weighted by molar-refractivity contribution is 8.00. The third-order valence-electron chi connectivity index (χ3n) is 5.17. The van der Waals surface area contributed by atoms with E-state index >= 15 is 0 Å². The number of nitrogens with one attached hydrogen (secondary N) is 1. The normalized spacial score (nSPS) is 22.2. The highest BCUT2D eigenvalue weighted by Gasteiger charge is 2.49. The van der Waals surface area contributed by atoms with Gasteiger partial charge in [-0.25, -0.2) is 0 Å². The SMILES string of the molecule is CCCCC(CCCC)(C[PH](=O)OCC(C)C)C1NCSC1(C)C. The van der Waals surface area contributed by atoms with Gasteiger partial charge < -0.3 is 9.84 Å². The topological polar surface area (TPSA) is 38.3 Å². The van der Waals surface area contributed by atoms with Gasteiger partial charge in [0.2, 0.25) is 0 Å². The molecule has 144 valence electrons. The fourth-order valence-electron chi connectivity index (χ4n) is 3.94. The average Bonchev–Trinajstić information content (AvgIpc) is 2.88. The highest BCUT2D eigenvalue weighted by Crippen LogP contribution is 2.50. The van der Waals surface area contributed by atoms with E-state index in [1.807, 2.05) is 11.8 Å². The summed E-state index contributed by atoms with van der Waals surface area (Å²) in [5.41, 5.74) is 0.103. The van der Waals surface area contributed by atoms with Gasteiger partial charge in [0.25, 0.3) is 0 Å². The number of hydrogen-bond donors (Lipinski definition) is 1. The molecule has 0 amide bonds. The molecule has 0 spiro atoms. The lowest BCUT2D eigenvalue weighted by atomic mass is 9.70. The van der Waals surface area contributed by atoms with Gasteiger partial charge >= 0.3 is 0 Å². The predicted octanol–water partition coefficient (Wildman–Crippen LogP) is 5.94.